The van der Waals surface area contributed by atoms with Crippen LogP contribution in [0, 0.1) is 0 Å². The molecule has 1 aromatic carbocycles. The third-order valence-corrected chi connectivity index (χ3v) is 4.49. The Morgan fingerprint density at radius 2 is 1.95 bits per heavy atom. The number of aliphatic hydroxyl groups is 1. The lowest BCUT2D eigenvalue weighted by Crippen LogP contribution is -2.27. The van der Waals surface area contributed by atoms with E-state index >= 15 is 0 Å². The summed E-state index contributed by atoms with van der Waals surface area (Å²) in [5.41, 5.74) is 0.299. The fourth-order valence-electron chi connectivity index (χ4n) is 1.88. The number of carboxylic acid groups (broad SMARTS) is 1. The molecule has 1 aromatic rings. The fraction of sp³-hybridized carbons (Fsp3) is 0.500. The van der Waals surface area contributed by atoms with Crippen LogP contribution in [-0.2, 0) is 10.0 Å². The van der Waals surface area contributed by atoms with Gasteiger partial charge in [0.05, 0.1) is 17.1 Å². The molecule has 0 saturated carbocycles. The summed E-state index contributed by atoms with van der Waals surface area (Å²) in [7, 11) is -3.83. The number of anilines is 1. The molecule has 0 spiro atoms. The summed E-state index contributed by atoms with van der Waals surface area (Å²) in [5.74, 6) is -1.20. The Hall–Kier alpha value is -1.64. The highest BCUT2D eigenvalue weighted by Gasteiger charge is 2.18. The number of rotatable bonds is 10. The largest absolute Gasteiger partial charge is 0.478 e. The van der Waals surface area contributed by atoms with Crippen molar-refractivity contribution in [2.45, 2.75) is 31.1 Å². The van der Waals surface area contributed by atoms with E-state index in [-0.39, 0.29) is 23.6 Å². The van der Waals surface area contributed by atoms with Crippen LogP contribution in [0.1, 0.15) is 36.5 Å². The van der Waals surface area contributed by atoms with Crippen LogP contribution in [0.4, 0.5) is 5.69 Å². The number of hydrogen-bond donors (Lipinski definition) is 4. The molecule has 0 heterocycles. The van der Waals surface area contributed by atoms with Crippen LogP contribution < -0.4 is 10.0 Å². The maximum absolute atomic E-state index is 11.9. The minimum atomic E-state index is -3.83. The van der Waals surface area contributed by atoms with Gasteiger partial charge in [0.1, 0.15) is 0 Å². The number of unbranched alkanes of at least 4 members (excludes halogenated alkanes) is 2. The van der Waals surface area contributed by atoms with Gasteiger partial charge in [-0.25, -0.2) is 17.9 Å². The SMILES string of the molecule is CCCCCNc1ccc(S(=O)(=O)NCCO)cc1C(=O)O. The molecule has 0 aliphatic heterocycles. The van der Waals surface area contributed by atoms with Crippen molar-refractivity contribution in [3.63, 3.8) is 0 Å². The van der Waals surface area contributed by atoms with Crippen molar-refractivity contribution in [3.05, 3.63) is 23.8 Å². The number of aromatic carboxylic acids is 1. The normalized spacial score (nSPS) is 11.4. The van der Waals surface area contributed by atoms with Crippen LogP contribution in [0.3, 0.4) is 0 Å². The van der Waals surface area contributed by atoms with Gasteiger partial charge in [0.2, 0.25) is 10.0 Å². The summed E-state index contributed by atoms with van der Waals surface area (Å²) in [4.78, 5) is 11.2. The highest BCUT2D eigenvalue weighted by atomic mass is 32.2. The zero-order valence-electron chi connectivity index (χ0n) is 12.5. The lowest BCUT2D eigenvalue weighted by Gasteiger charge is -2.12. The molecule has 4 N–H and O–H groups in total. The average molecular weight is 330 g/mol. The number of benzene rings is 1. The van der Waals surface area contributed by atoms with E-state index in [9.17, 15) is 18.3 Å². The summed E-state index contributed by atoms with van der Waals surface area (Å²) in [6.45, 7) is 2.24. The van der Waals surface area contributed by atoms with Crippen molar-refractivity contribution in [3.8, 4) is 0 Å². The predicted octanol–water partition coefficient (Wildman–Crippen LogP) is 1.26. The van der Waals surface area contributed by atoms with E-state index in [1.54, 1.807) is 0 Å². The molecule has 0 aliphatic rings. The molecular weight excluding hydrogens is 308 g/mol. The number of aliphatic hydroxyl groups excluding tert-OH is 1. The average Bonchev–Trinajstić information content (AvgIpc) is 2.49. The van der Waals surface area contributed by atoms with Crippen LogP contribution in [0.15, 0.2) is 23.1 Å². The Kier molecular flexibility index (Phi) is 7.30. The fourth-order valence-corrected chi connectivity index (χ4v) is 2.93. The van der Waals surface area contributed by atoms with Gasteiger partial charge >= 0.3 is 5.97 Å². The molecule has 0 atom stereocenters. The molecule has 0 saturated heterocycles. The van der Waals surface area contributed by atoms with Crippen molar-refractivity contribution in [1.82, 2.24) is 4.72 Å². The third-order valence-electron chi connectivity index (χ3n) is 3.03. The first-order valence-corrected chi connectivity index (χ1v) is 8.62. The third kappa shape index (κ3) is 5.28. The van der Waals surface area contributed by atoms with Gasteiger partial charge in [-0.2, -0.15) is 0 Å². The molecule has 0 radical (unpaired) electrons. The van der Waals surface area contributed by atoms with E-state index in [0.717, 1.165) is 25.3 Å². The minimum Gasteiger partial charge on any atom is -0.478 e. The van der Waals surface area contributed by atoms with Gasteiger partial charge in [0.15, 0.2) is 0 Å². The molecule has 0 fully saturated rings. The summed E-state index contributed by atoms with van der Waals surface area (Å²) >= 11 is 0. The van der Waals surface area contributed by atoms with Crippen LogP contribution in [0.5, 0.6) is 0 Å². The maximum atomic E-state index is 11.9. The standard InChI is InChI=1S/C14H22N2O5S/c1-2-3-4-7-15-13-6-5-11(10-12(13)14(18)19)22(20,21)16-8-9-17/h5-6,10,15-17H,2-4,7-9H2,1H3,(H,18,19). The van der Waals surface area contributed by atoms with E-state index in [0.29, 0.717) is 12.2 Å². The van der Waals surface area contributed by atoms with Crippen molar-refractivity contribution in [2.24, 2.45) is 0 Å². The molecule has 0 amide bonds. The Morgan fingerprint density at radius 3 is 2.55 bits per heavy atom. The number of carbonyl (C=O) groups is 1. The van der Waals surface area contributed by atoms with E-state index in [1.165, 1.54) is 12.1 Å². The van der Waals surface area contributed by atoms with Crippen LogP contribution in [0.25, 0.3) is 0 Å². The molecule has 0 aromatic heterocycles. The van der Waals surface area contributed by atoms with Gasteiger partial charge in [0.25, 0.3) is 0 Å². The Labute approximate surface area is 130 Å². The molecule has 7 nitrogen and oxygen atoms in total. The zero-order valence-corrected chi connectivity index (χ0v) is 13.3. The van der Waals surface area contributed by atoms with Crippen LogP contribution in [0.2, 0.25) is 0 Å². The first kappa shape index (κ1) is 18.4. The van der Waals surface area contributed by atoms with Gasteiger partial charge in [-0.15, -0.1) is 0 Å². The van der Waals surface area contributed by atoms with E-state index in [2.05, 4.69) is 17.0 Å². The monoisotopic (exact) mass is 330 g/mol. The molecule has 0 bridgehead atoms. The van der Waals surface area contributed by atoms with Gasteiger partial charge < -0.3 is 15.5 Å². The maximum Gasteiger partial charge on any atom is 0.337 e. The highest BCUT2D eigenvalue weighted by molar-refractivity contribution is 7.89. The Morgan fingerprint density at radius 1 is 1.23 bits per heavy atom. The van der Waals surface area contributed by atoms with Crippen molar-refractivity contribution in [1.29, 1.82) is 0 Å². The van der Waals surface area contributed by atoms with Crippen molar-refractivity contribution in [2.75, 3.05) is 25.0 Å². The first-order chi connectivity index (χ1) is 10.4. The van der Waals surface area contributed by atoms with Gasteiger partial charge in [-0.05, 0) is 24.6 Å². The van der Waals surface area contributed by atoms with E-state index in [4.69, 9.17) is 5.11 Å². The summed E-state index contributed by atoms with van der Waals surface area (Å²) in [6.07, 6.45) is 3.00. The van der Waals surface area contributed by atoms with E-state index in [1.807, 2.05) is 0 Å². The first-order valence-electron chi connectivity index (χ1n) is 7.14. The lowest BCUT2D eigenvalue weighted by molar-refractivity contribution is 0.0697. The molecular formula is C14H22N2O5S. The summed E-state index contributed by atoms with van der Waals surface area (Å²) in [6, 6.07) is 3.90. The second-order valence-electron chi connectivity index (χ2n) is 4.77. The molecule has 124 valence electrons. The Balaban J connectivity index is 2.97. The smallest absolute Gasteiger partial charge is 0.337 e. The Bertz CT molecular complexity index is 601. The minimum absolute atomic E-state index is 0.0941. The number of nitrogens with one attached hydrogen (secondary N) is 2. The summed E-state index contributed by atoms with van der Waals surface area (Å²) in [5, 5.41) is 20.9. The highest BCUT2D eigenvalue weighted by Crippen LogP contribution is 2.21. The lowest BCUT2D eigenvalue weighted by atomic mass is 10.1. The van der Waals surface area contributed by atoms with Crippen LogP contribution in [-0.4, -0.2) is 44.3 Å². The second-order valence-corrected chi connectivity index (χ2v) is 6.53. The number of hydrogen-bond acceptors (Lipinski definition) is 5. The van der Waals surface area contributed by atoms with Gasteiger partial charge in [0, 0.05) is 18.8 Å². The molecule has 22 heavy (non-hydrogen) atoms. The van der Waals surface area contributed by atoms with Gasteiger partial charge in [-0.3, -0.25) is 0 Å². The van der Waals surface area contributed by atoms with Gasteiger partial charge in [-0.1, -0.05) is 19.8 Å². The van der Waals surface area contributed by atoms with Crippen molar-refractivity contribution < 1.29 is 23.4 Å². The quantitative estimate of drug-likeness (QED) is 0.480. The molecule has 0 aliphatic carbocycles. The number of carboxylic acids is 1. The number of sulfonamides is 1. The van der Waals surface area contributed by atoms with E-state index < -0.39 is 16.0 Å². The zero-order chi connectivity index (χ0) is 16.6. The molecule has 0 unspecified atom stereocenters. The molecule has 8 heteroatoms. The summed E-state index contributed by atoms with van der Waals surface area (Å²) < 4.78 is 26.1. The molecule has 1 rings (SSSR count). The second kappa shape index (κ2) is 8.72. The van der Waals surface area contributed by atoms with Crippen LogP contribution >= 0.6 is 0 Å². The van der Waals surface area contributed by atoms with Crippen molar-refractivity contribution >= 4 is 21.7 Å². The topological polar surface area (TPSA) is 116 Å². The predicted molar refractivity (Wildman–Crippen MR) is 83.7 cm³/mol.